The first-order chi connectivity index (χ1) is 12.3. The van der Waals surface area contributed by atoms with E-state index in [1.807, 2.05) is 41.9 Å². The highest BCUT2D eigenvalue weighted by Gasteiger charge is 2.28. The van der Waals surface area contributed by atoms with Crippen molar-refractivity contribution < 1.29 is 17.9 Å². The van der Waals surface area contributed by atoms with Crippen LogP contribution >= 0.6 is 24.0 Å². The van der Waals surface area contributed by atoms with Crippen molar-refractivity contribution in [1.82, 2.24) is 19.8 Å². The van der Waals surface area contributed by atoms with Gasteiger partial charge in [0.2, 0.25) is 5.88 Å². The number of alkyl halides is 3. The number of aromatic nitrogens is 2. The van der Waals surface area contributed by atoms with Crippen LogP contribution in [0.2, 0.25) is 0 Å². The molecule has 10 heteroatoms. The maximum absolute atomic E-state index is 12.1. The van der Waals surface area contributed by atoms with Gasteiger partial charge in [0, 0.05) is 51.8 Å². The van der Waals surface area contributed by atoms with Gasteiger partial charge in [-0.2, -0.15) is 13.2 Å². The average Bonchev–Trinajstić information content (AvgIpc) is 2.99. The molecule has 2 aromatic rings. The van der Waals surface area contributed by atoms with Gasteiger partial charge < -0.3 is 19.5 Å². The number of nitrogens with zero attached hydrogens (tertiary/aromatic N) is 4. The molecule has 0 radical (unpaired) electrons. The smallest absolute Gasteiger partial charge is 0.422 e. The first kappa shape index (κ1) is 23.1. The highest BCUT2D eigenvalue weighted by Crippen LogP contribution is 2.17. The van der Waals surface area contributed by atoms with Crippen molar-refractivity contribution in [1.29, 1.82) is 0 Å². The number of hydrogen-bond acceptors (Lipinski definition) is 3. The van der Waals surface area contributed by atoms with Crippen LogP contribution in [0.3, 0.4) is 0 Å². The molecule has 0 spiro atoms. The van der Waals surface area contributed by atoms with Crippen molar-refractivity contribution >= 4 is 29.9 Å². The van der Waals surface area contributed by atoms with Gasteiger partial charge in [0.1, 0.15) is 0 Å². The average molecular weight is 497 g/mol. The highest BCUT2D eigenvalue weighted by molar-refractivity contribution is 14.0. The molecule has 1 N–H and O–H groups in total. The molecule has 0 aromatic carbocycles. The van der Waals surface area contributed by atoms with Crippen molar-refractivity contribution in [3.05, 3.63) is 47.9 Å². The lowest BCUT2D eigenvalue weighted by molar-refractivity contribution is -0.154. The number of halogens is 4. The monoisotopic (exact) mass is 497 g/mol. The number of aryl methyl sites for hydroxylation is 1. The lowest BCUT2D eigenvalue weighted by Crippen LogP contribution is -2.38. The van der Waals surface area contributed by atoms with E-state index in [1.165, 1.54) is 12.3 Å². The highest BCUT2D eigenvalue weighted by atomic mass is 127. The second-order valence-corrected chi connectivity index (χ2v) is 5.78. The summed E-state index contributed by atoms with van der Waals surface area (Å²) in [5.74, 6) is 0.639. The Balaban J connectivity index is 0.00000364. The molecule has 150 valence electrons. The van der Waals surface area contributed by atoms with Crippen LogP contribution in [0.4, 0.5) is 13.2 Å². The molecule has 0 aliphatic carbocycles. The molecular formula is C17H23F3IN5O. The molecular weight excluding hydrogens is 474 g/mol. The third-order valence-corrected chi connectivity index (χ3v) is 3.66. The Morgan fingerprint density at radius 1 is 1.33 bits per heavy atom. The third-order valence-electron chi connectivity index (χ3n) is 3.66. The van der Waals surface area contributed by atoms with Gasteiger partial charge in [-0.15, -0.1) is 24.0 Å². The maximum atomic E-state index is 12.1. The molecule has 2 heterocycles. The van der Waals surface area contributed by atoms with Gasteiger partial charge in [0.15, 0.2) is 12.6 Å². The minimum absolute atomic E-state index is 0. The van der Waals surface area contributed by atoms with Crippen LogP contribution in [0.1, 0.15) is 11.3 Å². The molecule has 0 fully saturated rings. The van der Waals surface area contributed by atoms with Gasteiger partial charge in [-0.05, 0) is 17.7 Å². The predicted molar refractivity (Wildman–Crippen MR) is 108 cm³/mol. The zero-order chi connectivity index (χ0) is 19.2. The van der Waals surface area contributed by atoms with Crippen LogP contribution in [-0.2, 0) is 20.1 Å². The topological polar surface area (TPSA) is 54.7 Å². The van der Waals surface area contributed by atoms with Gasteiger partial charge in [-0.25, -0.2) is 4.98 Å². The summed E-state index contributed by atoms with van der Waals surface area (Å²) in [7, 11) is 5.60. The summed E-state index contributed by atoms with van der Waals surface area (Å²) in [5, 5.41) is 3.20. The maximum Gasteiger partial charge on any atom is 0.422 e. The van der Waals surface area contributed by atoms with Crippen molar-refractivity contribution in [2.45, 2.75) is 19.3 Å². The van der Waals surface area contributed by atoms with Crippen molar-refractivity contribution in [3.63, 3.8) is 0 Å². The first-order valence-electron chi connectivity index (χ1n) is 7.95. The van der Waals surface area contributed by atoms with Crippen molar-refractivity contribution in [2.24, 2.45) is 12.0 Å². The van der Waals surface area contributed by atoms with Crippen LogP contribution in [0.5, 0.6) is 5.88 Å². The van der Waals surface area contributed by atoms with E-state index in [0.717, 1.165) is 11.3 Å². The number of hydrogen-bond donors (Lipinski definition) is 1. The van der Waals surface area contributed by atoms with Gasteiger partial charge in [0.05, 0.1) is 6.54 Å². The number of pyridine rings is 1. The summed E-state index contributed by atoms with van der Waals surface area (Å²) in [4.78, 5) is 10.1. The number of guanidine groups is 1. The predicted octanol–water partition coefficient (Wildman–Crippen LogP) is 3.19. The van der Waals surface area contributed by atoms with Gasteiger partial charge in [-0.3, -0.25) is 4.99 Å². The van der Waals surface area contributed by atoms with Crippen molar-refractivity contribution in [3.8, 4) is 5.88 Å². The molecule has 27 heavy (non-hydrogen) atoms. The number of nitrogens with one attached hydrogen (secondary N) is 1. The summed E-state index contributed by atoms with van der Waals surface area (Å²) < 4.78 is 43.0. The van der Waals surface area contributed by atoms with Gasteiger partial charge in [0.25, 0.3) is 0 Å². The lowest BCUT2D eigenvalue weighted by Gasteiger charge is -2.22. The molecule has 2 aromatic heterocycles. The molecule has 0 bridgehead atoms. The molecule has 0 saturated carbocycles. The summed E-state index contributed by atoms with van der Waals surface area (Å²) in [6.07, 6.45) is -0.923. The van der Waals surface area contributed by atoms with Crippen LogP contribution in [0, 0.1) is 0 Å². The van der Waals surface area contributed by atoms with Crippen LogP contribution in [0.15, 0.2) is 41.7 Å². The second kappa shape index (κ2) is 10.4. The first-order valence-corrected chi connectivity index (χ1v) is 7.95. The molecule has 0 atom stereocenters. The van der Waals surface area contributed by atoms with E-state index >= 15 is 0 Å². The molecule has 6 nitrogen and oxygen atoms in total. The zero-order valence-corrected chi connectivity index (χ0v) is 17.7. The van der Waals surface area contributed by atoms with E-state index in [-0.39, 0.29) is 29.9 Å². The molecule has 0 aliphatic rings. The summed E-state index contributed by atoms with van der Waals surface area (Å²) in [6.45, 7) is -0.226. The molecule has 0 amide bonds. The van der Waals surface area contributed by atoms with Crippen molar-refractivity contribution in [2.75, 3.05) is 20.7 Å². The Labute approximate surface area is 173 Å². The number of rotatable bonds is 6. The molecule has 0 saturated heterocycles. The molecule has 2 rings (SSSR count). The molecule has 0 unspecified atom stereocenters. The molecule has 0 aliphatic heterocycles. The zero-order valence-electron chi connectivity index (χ0n) is 15.3. The minimum Gasteiger partial charge on any atom is -0.468 e. The van der Waals surface area contributed by atoms with E-state index < -0.39 is 12.8 Å². The van der Waals surface area contributed by atoms with Gasteiger partial charge >= 0.3 is 6.18 Å². The number of ether oxygens (including phenoxy) is 1. The summed E-state index contributed by atoms with van der Waals surface area (Å²) in [5.41, 5.74) is 1.95. The quantitative estimate of drug-likeness (QED) is 0.379. The Morgan fingerprint density at radius 3 is 2.59 bits per heavy atom. The summed E-state index contributed by atoms with van der Waals surface area (Å²) >= 11 is 0. The van der Waals surface area contributed by atoms with Crippen LogP contribution in [-0.4, -0.2) is 47.3 Å². The van der Waals surface area contributed by atoms with Gasteiger partial charge in [-0.1, -0.05) is 6.07 Å². The Bertz CT molecular complexity index is 731. The van der Waals surface area contributed by atoms with E-state index in [2.05, 4.69) is 20.0 Å². The standard InChI is InChI=1S/C17H22F3N5O.HI/c1-21-16(25(3)11-14-5-4-8-24(14)2)23-10-13-6-7-15(22-9-13)26-12-17(18,19)20;/h4-9H,10-12H2,1-3H3,(H,21,23);1H. The fourth-order valence-electron chi connectivity index (χ4n) is 2.30. The van der Waals surface area contributed by atoms with E-state index in [1.54, 1.807) is 13.1 Å². The van der Waals surface area contributed by atoms with Crippen LogP contribution in [0.25, 0.3) is 0 Å². The summed E-state index contributed by atoms with van der Waals surface area (Å²) in [6, 6.07) is 7.09. The SMILES string of the molecule is CN=C(NCc1ccc(OCC(F)(F)F)nc1)N(C)Cc1cccn1C.I. The lowest BCUT2D eigenvalue weighted by atomic mass is 10.3. The van der Waals surface area contributed by atoms with E-state index in [9.17, 15) is 13.2 Å². The Hall–Kier alpha value is -1.98. The Morgan fingerprint density at radius 2 is 2.07 bits per heavy atom. The fourth-order valence-corrected chi connectivity index (χ4v) is 2.30. The minimum atomic E-state index is -4.38. The second-order valence-electron chi connectivity index (χ2n) is 5.78. The normalized spacial score (nSPS) is 11.7. The van der Waals surface area contributed by atoms with E-state index in [0.29, 0.717) is 19.0 Å². The third kappa shape index (κ3) is 7.65. The fraction of sp³-hybridized carbons (Fsp3) is 0.412. The number of aliphatic imine (C=N–C) groups is 1. The van der Waals surface area contributed by atoms with E-state index in [4.69, 9.17) is 0 Å². The largest absolute Gasteiger partial charge is 0.468 e. The van der Waals surface area contributed by atoms with Crippen LogP contribution < -0.4 is 10.1 Å². The Kier molecular flexibility index (Phi) is 8.86.